The normalized spacial score (nSPS) is 12.5. The molecule has 0 aromatic heterocycles. The van der Waals surface area contributed by atoms with Gasteiger partial charge in [-0.15, -0.1) is 0 Å². The van der Waals surface area contributed by atoms with Gasteiger partial charge in [0, 0.05) is 28.5 Å². The number of amides is 2. The minimum absolute atomic E-state index is 0.0923. The van der Waals surface area contributed by atoms with E-state index in [1.165, 1.54) is 23.1 Å². The van der Waals surface area contributed by atoms with Gasteiger partial charge < -0.3 is 10.2 Å². The van der Waals surface area contributed by atoms with Crippen LogP contribution in [0.1, 0.15) is 31.9 Å². The third kappa shape index (κ3) is 8.94. The Morgan fingerprint density at radius 1 is 0.975 bits per heavy atom. The van der Waals surface area contributed by atoms with Crippen LogP contribution in [0.5, 0.6) is 0 Å². The Bertz CT molecular complexity index is 1450. The summed E-state index contributed by atoms with van der Waals surface area (Å²) in [6.07, 6.45) is 1.12. The number of sulfonamides is 1. The first-order chi connectivity index (χ1) is 18.6. The minimum Gasteiger partial charge on any atom is -0.350 e. The van der Waals surface area contributed by atoms with Crippen LogP contribution in [0.2, 0.25) is 10.0 Å². The molecular formula is C29H32Cl2FN3O4S. The highest BCUT2D eigenvalue weighted by Crippen LogP contribution is 2.25. The lowest BCUT2D eigenvalue weighted by molar-refractivity contribution is -0.140. The molecule has 0 bridgehead atoms. The molecule has 3 aromatic rings. The van der Waals surface area contributed by atoms with Crippen LogP contribution in [0, 0.1) is 5.82 Å². The summed E-state index contributed by atoms with van der Waals surface area (Å²) >= 11 is 12.5. The number of hydrogen-bond acceptors (Lipinski definition) is 4. The van der Waals surface area contributed by atoms with E-state index >= 15 is 0 Å². The van der Waals surface area contributed by atoms with Gasteiger partial charge in [-0.3, -0.25) is 13.9 Å². The van der Waals surface area contributed by atoms with E-state index in [-0.39, 0.29) is 18.7 Å². The van der Waals surface area contributed by atoms with Crippen LogP contribution in [-0.2, 0) is 32.6 Å². The topological polar surface area (TPSA) is 86.8 Å². The lowest BCUT2D eigenvalue weighted by atomic mass is 10.0. The fourth-order valence-electron chi connectivity index (χ4n) is 4.06. The van der Waals surface area contributed by atoms with E-state index in [9.17, 15) is 22.4 Å². The fraction of sp³-hybridized carbons (Fsp3) is 0.310. The Labute approximate surface area is 244 Å². The molecule has 3 rings (SSSR count). The third-order valence-corrected chi connectivity index (χ3v) is 7.65. The molecule has 0 aliphatic rings. The zero-order valence-corrected chi connectivity index (χ0v) is 25.0. The van der Waals surface area contributed by atoms with Crippen LogP contribution in [0.15, 0.2) is 72.8 Å². The van der Waals surface area contributed by atoms with Crippen molar-refractivity contribution in [3.63, 3.8) is 0 Å². The molecule has 0 heterocycles. The summed E-state index contributed by atoms with van der Waals surface area (Å²) in [7, 11) is -3.96. The van der Waals surface area contributed by atoms with E-state index in [1.807, 2.05) is 51.1 Å². The molecule has 3 aromatic carbocycles. The third-order valence-electron chi connectivity index (χ3n) is 5.92. The Hall–Kier alpha value is -3.14. The first kappa shape index (κ1) is 31.4. The quantitative estimate of drug-likeness (QED) is 0.332. The van der Waals surface area contributed by atoms with Crippen molar-refractivity contribution in [1.29, 1.82) is 0 Å². The lowest BCUT2D eigenvalue weighted by Crippen LogP contribution is -2.56. The SMILES string of the molecule is CC(C)(C)NC(=O)[C@H](Cc1ccccc1)N(Cc1ccc(Cl)cc1Cl)C(=O)CN(c1ccc(F)cc1)S(C)(=O)=O. The van der Waals surface area contributed by atoms with Crippen molar-refractivity contribution in [2.24, 2.45) is 0 Å². The van der Waals surface area contributed by atoms with Crippen molar-refractivity contribution >= 4 is 50.7 Å². The predicted octanol–water partition coefficient (Wildman–Crippen LogP) is 5.45. The number of anilines is 1. The number of halogens is 3. The van der Waals surface area contributed by atoms with Crippen molar-refractivity contribution in [1.82, 2.24) is 10.2 Å². The number of rotatable bonds is 10. The molecule has 0 aliphatic heterocycles. The van der Waals surface area contributed by atoms with Gasteiger partial charge in [0.1, 0.15) is 18.4 Å². The Kier molecular flexibility index (Phi) is 10.2. The first-order valence-corrected chi connectivity index (χ1v) is 15.1. The van der Waals surface area contributed by atoms with Gasteiger partial charge >= 0.3 is 0 Å². The van der Waals surface area contributed by atoms with Gasteiger partial charge in [0.2, 0.25) is 21.8 Å². The summed E-state index contributed by atoms with van der Waals surface area (Å²) in [5.74, 6) is -1.61. The van der Waals surface area contributed by atoms with Crippen molar-refractivity contribution in [2.45, 2.75) is 45.3 Å². The highest BCUT2D eigenvalue weighted by Gasteiger charge is 2.34. The Morgan fingerprint density at radius 2 is 1.60 bits per heavy atom. The van der Waals surface area contributed by atoms with E-state index in [4.69, 9.17) is 23.2 Å². The molecule has 40 heavy (non-hydrogen) atoms. The Morgan fingerprint density at radius 3 is 2.15 bits per heavy atom. The number of benzene rings is 3. The highest BCUT2D eigenvalue weighted by molar-refractivity contribution is 7.92. The van der Waals surface area contributed by atoms with E-state index in [0.717, 1.165) is 28.3 Å². The van der Waals surface area contributed by atoms with E-state index in [0.29, 0.717) is 15.6 Å². The number of hydrogen-bond donors (Lipinski definition) is 1. The van der Waals surface area contributed by atoms with E-state index in [1.54, 1.807) is 12.1 Å². The summed E-state index contributed by atoms with van der Waals surface area (Å²) in [4.78, 5) is 29.0. The summed E-state index contributed by atoms with van der Waals surface area (Å²) in [5.41, 5.74) is 0.829. The molecule has 0 aliphatic carbocycles. The molecule has 0 fully saturated rings. The second kappa shape index (κ2) is 13.0. The van der Waals surface area contributed by atoms with Crippen molar-refractivity contribution in [2.75, 3.05) is 17.1 Å². The van der Waals surface area contributed by atoms with Gasteiger partial charge in [0.15, 0.2) is 0 Å². The van der Waals surface area contributed by atoms with Crippen LogP contribution < -0.4 is 9.62 Å². The molecule has 0 saturated carbocycles. The smallest absolute Gasteiger partial charge is 0.244 e. The molecular weight excluding hydrogens is 576 g/mol. The maximum absolute atomic E-state index is 14.0. The molecule has 11 heteroatoms. The average Bonchev–Trinajstić information content (AvgIpc) is 2.85. The molecule has 1 atom stereocenters. The van der Waals surface area contributed by atoms with E-state index in [2.05, 4.69) is 5.32 Å². The summed E-state index contributed by atoms with van der Waals surface area (Å²) in [6.45, 7) is 4.76. The second-order valence-electron chi connectivity index (χ2n) is 10.4. The van der Waals surface area contributed by atoms with E-state index < -0.39 is 45.8 Å². The molecule has 0 radical (unpaired) electrons. The fourth-order valence-corrected chi connectivity index (χ4v) is 5.38. The van der Waals surface area contributed by atoms with Crippen molar-refractivity contribution in [3.8, 4) is 0 Å². The zero-order valence-electron chi connectivity index (χ0n) is 22.7. The minimum atomic E-state index is -3.96. The van der Waals surface area contributed by atoms with Gasteiger partial charge in [-0.25, -0.2) is 12.8 Å². The van der Waals surface area contributed by atoms with Crippen LogP contribution in [0.4, 0.5) is 10.1 Å². The number of carbonyl (C=O) groups is 2. The molecule has 0 saturated heterocycles. The van der Waals surface area contributed by atoms with Crippen LogP contribution >= 0.6 is 23.2 Å². The van der Waals surface area contributed by atoms with Gasteiger partial charge in [0.05, 0.1) is 11.9 Å². The molecule has 1 N–H and O–H groups in total. The molecule has 2 amide bonds. The van der Waals surface area contributed by atoms with Crippen molar-refractivity contribution in [3.05, 3.63) is 99.8 Å². The van der Waals surface area contributed by atoms with Gasteiger partial charge in [-0.1, -0.05) is 59.6 Å². The number of nitrogens with zero attached hydrogens (tertiary/aromatic N) is 2. The zero-order chi connectivity index (χ0) is 29.7. The predicted molar refractivity (Wildman–Crippen MR) is 157 cm³/mol. The average molecular weight is 609 g/mol. The number of carbonyl (C=O) groups excluding carboxylic acids is 2. The summed E-state index contributed by atoms with van der Waals surface area (Å²) in [5, 5.41) is 3.64. The largest absolute Gasteiger partial charge is 0.350 e. The first-order valence-electron chi connectivity index (χ1n) is 12.5. The maximum atomic E-state index is 14.0. The van der Waals surface area contributed by atoms with Crippen molar-refractivity contribution < 1.29 is 22.4 Å². The number of nitrogens with one attached hydrogen (secondary N) is 1. The van der Waals surface area contributed by atoms with Gasteiger partial charge in [-0.05, 0) is 68.3 Å². The standard InChI is InChI=1S/C29H32Cl2FN3O4S/c1-29(2,3)33-28(37)26(16-20-8-6-5-7-9-20)34(18-21-10-11-22(30)17-25(21)31)27(36)19-35(40(4,38)39)24-14-12-23(32)13-15-24/h5-15,17,26H,16,18-19H2,1-4H3,(H,33,37)/t26-/m0/s1. The molecule has 0 spiro atoms. The maximum Gasteiger partial charge on any atom is 0.244 e. The van der Waals surface area contributed by atoms with Crippen LogP contribution in [0.25, 0.3) is 0 Å². The molecule has 0 unspecified atom stereocenters. The van der Waals surface area contributed by atoms with Crippen LogP contribution in [0.3, 0.4) is 0 Å². The highest BCUT2D eigenvalue weighted by atomic mass is 35.5. The second-order valence-corrected chi connectivity index (χ2v) is 13.2. The summed E-state index contributed by atoms with van der Waals surface area (Å²) in [6, 6.07) is 17.7. The molecule has 7 nitrogen and oxygen atoms in total. The lowest BCUT2D eigenvalue weighted by Gasteiger charge is -2.35. The van der Waals surface area contributed by atoms with Gasteiger partial charge in [0.25, 0.3) is 0 Å². The monoisotopic (exact) mass is 607 g/mol. The summed E-state index contributed by atoms with van der Waals surface area (Å²) < 4.78 is 40.0. The molecule has 214 valence electrons. The van der Waals surface area contributed by atoms with Crippen LogP contribution in [-0.4, -0.2) is 49.5 Å². The Balaban J connectivity index is 2.09. The van der Waals surface area contributed by atoms with Gasteiger partial charge in [-0.2, -0.15) is 0 Å².